The zero-order valence-electron chi connectivity index (χ0n) is 11.4. The SMILES string of the molecule is NC(=O)c1cnc(NC(=O)c2csc(-c3ccc(Cl)cc3)n2)s1. The van der Waals surface area contributed by atoms with Gasteiger partial charge >= 0.3 is 0 Å². The first-order chi connectivity index (χ1) is 11.0. The number of thiazole rings is 2. The maximum Gasteiger partial charge on any atom is 0.276 e. The highest BCUT2D eigenvalue weighted by molar-refractivity contribution is 7.17. The van der Waals surface area contributed by atoms with E-state index in [1.54, 1.807) is 17.5 Å². The lowest BCUT2D eigenvalue weighted by Gasteiger charge is -1.98. The third-order valence-corrected chi connectivity index (χ3v) is 4.87. The third-order valence-electron chi connectivity index (χ3n) is 2.80. The molecule has 0 saturated heterocycles. The summed E-state index contributed by atoms with van der Waals surface area (Å²) >= 11 is 8.21. The molecule has 0 radical (unpaired) electrons. The highest BCUT2D eigenvalue weighted by Crippen LogP contribution is 2.26. The lowest BCUT2D eigenvalue weighted by Crippen LogP contribution is -2.12. The van der Waals surface area contributed by atoms with E-state index in [-0.39, 0.29) is 10.6 Å². The number of rotatable bonds is 4. The summed E-state index contributed by atoms with van der Waals surface area (Å²) in [6.45, 7) is 0. The molecule has 0 spiro atoms. The molecule has 116 valence electrons. The van der Waals surface area contributed by atoms with E-state index in [2.05, 4.69) is 15.3 Å². The predicted molar refractivity (Wildman–Crippen MR) is 91.1 cm³/mol. The molecule has 3 N–H and O–H groups in total. The number of nitrogens with one attached hydrogen (secondary N) is 1. The van der Waals surface area contributed by atoms with Crippen molar-refractivity contribution in [1.29, 1.82) is 0 Å². The van der Waals surface area contributed by atoms with Gasteiger partial charge in [0.25, 0.3) is 11.8 Å². The summed E-state index contributed by atoms with van der Waals surface area (Å²) in [5.41, 5.74) is 6.30. The van der Waals surface area contributed by atoms with Gasteiger partial charge in [0.2, 0.25) is 0 Å². The van der Waals surface area contributed by atoms with Crippen molar-refractivity contribution in [2.24, 2.45) is 5.73 Å². The molecule has 0 atom stereocenters. The molecule has 6 nitrogen and oxygen atoms in total. The number of carbonyl (C=O) groups is 2. The highest BCUT2D eigenvalue weighted by Gasteiger charge is 2.14. The number of hydrogen-bond acceptors (Lipinski definition) is 6. The molecule has 9 heteroatoms. The highest BCUT2D eigenvalue weighted by atomic mass is 35.5. The Kier molecular flexibility index (Phi) is 4.37. The maximum absolute atomic E-state index is 12.2. The van der Waals surface area contributed by atoms with Crippen molar-refractivity contribution in [3.63, 3.8) is 0 Å². The Morgan fingerprint density at radius 3 is 2.61 bits per heavy atom. The molecule has 23 heavy (non-hydrogen) atoms. The van der Waals surface area contributed by atoms with Gasteiger partial charge in [-0.25, -0.2) is 9.97 Å². The van der Waals surface area contributed by atoms with Crippen molar-refractivity contribution in [2.75, 3.05) is 5.32 Å². The van der Waals surface area contributed by atoms with Crippen LogP contribution in [0.15, 0.2) is 35.8 Å². The van der Waals surface area contributed by atoms with E-state index < -0.39 is 11.8 Å². The van der Waals surface area contributed by atoms with Gasteiger partial charge in [0.15, 0.2) is 5.13 Å². The van der Waals surface area contributed by atoms with Gasteiger partial charge in [0.1, 0.15) is 15.6 Å². The molecule has 2 amide bonds. The topological polar surface area (TPSA) is 98.0 Å². The molecule has 3 aromatic rings. The number of aromatic nitrogens is 2. The first-order valence-electron chi connectivity index (χ1n) is 6.31. The minimum atomic E-state index is -0.582. The van der Waals surface area contributed by atoms with E-state index in [0.29, 0.717) is 15.2 Å². The Labute approximate surface area is 144 Å². The van der Waals surface area contributed by atoms with E-state index >= 15 is 0 Å². The number of halogens is 1. The Balaban J connectivity index is 1.75. The average Bonchev–Trinajstić information content (AvgIpc) is 3.17. The van der Waals surface area contributed by atoms with Crippen molar-refractivity contribution in [1.82, 2.24) is 9.97 Å². The van der Waals surface area contributed by atoms with Gasteiger partial charge in [-0.05, 0) is 12.1 Å². The number of amides is 2. The molecule has 3 rings (SSSR count). The first-order valence-corrected chi connectivity index (χ1v) is 8.39. The number of nitrogens with zero attached hydrogens (tertiary/aromatic N) is 2. The molecular formula is C14H9ClN4O2S2. The summed E-state index contributed by atoms with van der Waals surface area (Å²) in [4.78, 5) is 31.7. The van der Waals surface area contributed by atoms with Crippen molar-refractivity contribution < 1.29 is 9.59 Å². The Morgan fingerprint density at radius 1 is 1.22 bits per heavy atom. The standard InChI is InChI=1S/C14H9ClN4O2S2/c15-8-3-1-7(2-4-8)13-18-9(6-22-13)12(21)19-14-17-5-10(23-14)11(16)20/h1-6H,(H2,16,20)(H,17,19,21). The van der Waals surface area contributed by atoms with Gasteiger partial charge in [-0.1, -0.05) is 35.1 Å². The van der Waals surface area contributed by atoms with Crippen LogP contribution in [0.4, 0.5) is 5.13 Å². The van der Waals surface area contributed by atoms with E-state index in [1.165, 1.54) is 17.5 Å². The van der Waals surface area contributed by atoms with Crippen molar-refractivity contribution in [3.8, 4) is 10.6 Å². The molecular weight excluding hydrogens is 356 g/mol. The first kappa shape index (κ1) is 15.6. The zero-order chi connectivity index (χ0) is 16.4. The molecule has 1 aromatic carbocycles. The summed E-state index contributed by atoms with van der Waals surface area (Å²) in [7, 11) is 0. The normalized spacial score (nSPS) is 10.5. The van der Waals surface area contributed by atoms with Gasteiger partial charge in [0, 0.05) is 16.0 Å². The number of carbonyl (C=O) groups excluding carboxylic acids is 2. The number of primary amides is 1. The second-order valence-corrected chi connectivity index (χ2v) is 6.72. The molecule has 0 aliphatic rings. The molecule has 0 aliphatic heterocycles. The fourth-order valence-electron chi connectivity index (χ4n) is 1.71. The predicted octanol–water partition coefficient (Wildman–Crippen LogP) is 3.27. The van der Waals surface area contributed by atoms with Gasteiger partial charge in [-0.2, -0.15) is 0 Å². The molecule has 0 saturated carbocycles. The summed E-state index contributed by atoms with van der Waals surface area (Å²) < 4.78 is 0. The minimum Gasteiger partial charge on any atom is -0.365 e. The number of hydrogen-bond donors (Lipinski definition) is 2. The quantitative estimate of drug-likeness (QED) is 0.742. The molecule has 0 aliphatic carbocycles. The van der Waals surface area contributed by atoms with E-state index in [4.69, 9.17) is 17.3 Å². The average molecular weight is 365 g/mol. The molecule has 0 unspecified atom stereocenters. The van der Waals surface area contributed by atoms with Crippen LogP contribution in [0.3, 0.4) is 0 Å². The second-order valence-electron chi connectivity index (χ2n) is 4.39. The summed E-state index contributed by atoms with van der Waals surface area (Å²) in [5, 5.41) is 5.89. The lowest BCUT2D eigenvalue weighted by molar-refractivity contribution is 0.1000. The van der Waals surface area contributed by atoms with Crippen LogP contribution >= 0.6 is 34.3 Å². The number of anilines is 1. The largest absolute Gasteiger partial charge is 0.365 e. The van der Waals surface area contributed by atoms with Crippen LogP contribution in [0.5, 0.6) is 0 Å². The molecule has 2 heterocycles. The molecule has 2 aromatic heterocycles. The van der Waals surface area contributed by atoms with Gasteiger partial charge < -0.3 is 5.73 Å². The summed E-state index contributed by atoms with van der Waals surface area (Å²) in [5.74, 6) is -0.978. The van der Waals surface area contributed by atoms with Gasteiger partial charge in [-0.3, -0.25) is 14.9 Å². The monoisotopic (exact) mass is 364 g/mol. The smallest absolute Gasteiger partial charge is 0.276 e. The van der Waals surface area contributed by atoms with Crippen molar-refractivity contribution >= 4 is 51.2 Å². The molecule has 0 fully saturated rings. The van der Waals surface area contributed by atoms with Gasteiger partial charge in [0.05, 0.1) is 6.20 Å². The Bertz CT molecular complexity index is 873. The van der Waals surface area contributed by atoms with Crippen molar-refractivity contribution in [2.45, 2.75) is 0 Å². The zero-order valence-corrected chi connectivity index (χ0v) is 13.8. The minimum absolute atomic E-state index is 0.274. The summed E-state index contributed by atoms with van der Waals surface area (Å²) in [6, 6.07) is 7.20. The van der Waals surface area contributed by atoms with Crippen LogP contribution in [0.2, 0.25) is 5.02 Å². The van der Waals surface area contributed by atoms with E-state index in [0.717, 1.165) is 16.9 Å². The van der Waals surface area contributed by atoms with E-state index in [1.807, 2.05) is 12.1 Å². The fraction of sp³-hybridized carbons (Fsp3) is 0. The van der Waals surface area contributed by atoms with E-state index in [9.17, 15) is 9.59 Å². The van der Waals surface area contributed by atoms with Crippen LogP contribution in [-0.4, -0.2) is 21.8 Å². The fourth-order valence-corrected chi connectivity index (χ4v) is 3.31. The van der Waals surface area contributed by atoms with Crippen LogP contribution in [0.25, 0.3) is 10.6 Å². The summed E-state index contributed by atoms with van der Waals surface area (Å²) in [6.07, 6.45) is 1.32. The Hall–Kier alpha value is -2.29. The maximum atomic E-state index is 12.2. The lowest BCUT2D eigenvalue weighted by atomic mass is 10.2. The number of nitrogens with two attached hydrogens (primary N) is 1. The van der Waals surface area contributed by atoms with Crippen LogP contribution in [0, 0.1) is 0 Å². The van der Waals surface area contributed by atoms with Gasteiger partial charge in [-0.15, -0.1) is 11.3 Å². The van der Waals surface area contributed by atoms with Crippen LogP contribution in [-0.2, 0) is 0 Å². The van der Waals surface area contributed by atoms with Crippen LogP contribution < -0.4 is 11.1 Å². The number of benzene rings is 1. The molecule has 0 bridgehead atoms. The third kappa shape index (κ3) is 3.55. The van der Waals surface area contributed by atoms with Crippen LogP contribution in [0.1, 0.15) is 20.2 Å². The Morgan fingerprint density at radius 2 is 1.96 bits per heavy atom. The van der Waals surface area contributed by atoms with Crippen molar-refractivity contribution in [3.05, 3.63) is 51.4 Å². The second kappa shape index (κ2) is 6.45.